The summed E-state index contributed by atoms with van der Waals surface area (Å²) in [6, 6.07) is 15.0. The van der Waals surface area contributed by atoms with Crippen LogP contribution < -0.4 is 15.5 Å². The largest absolute Gasteiger partial charge is 0.352 e. The van der Waals surface area contributed by atoms with E-state index >= 15 is 0 Å². The lowest BCUT2D eigenvalue weighted by Crippen LogP contribution is -2.21. The normalized spacial score (nSPS) is 11.0. The second-order valence-electron chi connectivity index (χ2n) is 7.82. The molecule has 1 aromatic heterocycles. The van der Waals surface area contributed by atoms with E-state index in [-0.39, 0.29) is 5.41 Å². The van der Waals surface area contributed by atoms with Crippen LogP contribution in [0.2, 0.25) is 5.02 Å². The molecule has 2 amide bonds. The van der Waals surface area contributed by atoms with Gasteiger partial charge in [-0.2, -0.15) is 5.10 Å². The van der Waals surface area contributed by atoms with Crippen molar-refractivity contribution < 1.29 is 19.4 Å². The second kappa shape index (κ2) is 9.09. The predicted molar refractivity (Wildman–Crippen MR) is 119 cm³/mol. The summed E-state index contributed by atoms with van der Waals surface area (Å²) in [5.74, 6) is 0.207. The molecule has 31 heavy (non-hydrogen) atoms. The van der Waals surface area contributed by atoms with Crippen molar-refractivity contribution in [2.45, 2.75) is 33.1 Å². The number of carbonyl (C=O) groups excluding carboxylic acids is 2. The van der Waals surface area contributed by atoms with E-state index in [9.17, 15) is 9.59 Å². The molecule has 0 atom stereocenters. The second-order valence-corrected chi connectivity index (χ2v) is 8.25. The predicted octanol–water partition coefficient (Wildman–Crippen LogP) is 5.32. The van der Waals surface area contributed by atoms with Gasteiger partial charge in [0, 0.05) is 35.2 Å². The number of hydrogen-bond acceptors (Lipinski definition) is 5. The van der Waals surface area contributed by atoms with Gasteiger partial charge in [-0.3, -0.25) is 15.1 Å². The Labute approximate surface area is 185 Å². The minimum atomic E-state index is -0.569. The third-order valence-corrected chi connectivity index (χ3v) is 4.39. The van der Waals surface area contributed by atoms with E-state index in [0.29, 0.717) is 28.0 Å². The molecule has 0 saturated carbocycles. The molecule has 2 aromatic carbocycles. The molecule has 3 rings (SSSR count). The monoisotopic (exact) mass is 442 g/mol. The van der Waals surface area contributed by atoms with Gasteiger partial charge in [0.2, 0.25) is 0 Å². The molecule has 0 bridgehead atoms. The molecule has 2 N–H and O–H groups in total. The highest BCUT2D eigenvalue weighted by molar-refractivity contribution is 6.30. The highest BCUT2D eigenvalue weighted by Crippen LogP contribution is 2.28. The SMILES string of the molecule is CC(=O)OOc1cccc(-n2nc(C(C)(C)C)cc2NC(=O)Nc2ccc(Cl)cc2)c1. The van der Waals surface area contributed by atoms with Crippen molar-refractivity contribution >= 4 is 35.1 Å². The summed E-state index contributed by atoms with van der Waals surface area (Å²) in [5.41, 5.74) is 1.74. The van der Waals surface area contributed by atoms with E-state index in [1.165, 1.54) is 6.92 Å². The van der Waals surface area contributed by atoms with E-state index in [2.05, 4.69) is 20.6 Å². The van der Waals surface area contributed by atoms with Gasteiger partial charge in [0.25, 0.3) is 0 Å². The van der Waals surface area contributed by atoms with Crippen LogP contribution in [-0.2, 0) is 15.1 Å². The highest BCUT2D eigenvalue weighted by atomic mass is 35.5. The smallest absolute Gasteiger partial charge is 0.308 e. The van der Waals surface area contributed by atoms with Crippen LogP contribution in [0.1, 0.15) is 33.4 Å². The number of amides is 2. The summed E-state index contributed by atoms with van der Waals surface area (Å²) in [6.07, 6.45) is 0. The summed E-state index contributed by atoms with van der Waals surface area (Å²) >= 11 is 5.89. The fourth-order valence-corrected chi connectivity index (χ4v) is 2.75. The van der Waals surface area contributed by atoms with Gasteiger partial charge in [0.05, 0.1) is 11.4 Å². The Morgan fingerprint density at radius 3 is 2.39 bits per heavy atom. The van der Waals surface area contributed by atoms with Crippen LogP contribution in [0, 0.1) is 0 Å². The molecule has 9 heteroatoms. The zero-order valence-corrected chi connectivity index (χ0v) is 18.4. The molecule has 162 valence electrons. The Morgan fingerprint density at radius 1 is 1.03 bits per heavy atom. The molecule has 0 aliphatic carbocycles. The van der Waals surface area contributed by atoms with Gasteiger partial charge in [-0.1, -0.05) is 38.4 Å². The van der Waals surface area contributed by atoms with Crippen LogP contribution in [0.3, 0.4) is 0 Å². The van der Waals surface area contributed by atoms with Gasteiger partial charge >= 0.3 is 12.0 Å². The third kappa shape index (κ3) is 5.99. The van der Waals surface area contributed by atoms with Crippen molar-refractivity contribution in [2.24, 2.45) is 0 Å². The van der Waals surface area contributed by atoms with Crippen LogP contribution in [0.25, 0.3) is 5.69 Å². The van der Waals surface area contributed by atoms with Crippen LogP contribution in [0.4, 0.5) is 16.3 Å². The Balaban J connectivity index is 1.88. The number of aromatic nitrogens is 2. The third-order valence-electron chi connectivity index (χ3n) is 4.14. The fourth-order valence-electron chi connectivity index (χ4n) is 2.62. The molecule has 0 fully saturated rings. The zero-order chi connectivity index (χ0) is 22.6. The van der Waals surface area contributed by atoms with Crippen molar-refractivity contribution in [1.29, 1.82) is 0 Å². The van der Waals surface area contributed by atoms with Crippen molar-refractivity contribution in [3.63, 3.8) is 0 Å². The van der Waals surface area contributed by atoms with E-state index in [1.54, 1.807) is 59.3 Å². The number of rotatable bonds is 5. The molecule has 0 unspecified atom stereocenters. The van der Waals surface area contributed by atoms with E-state index in [1.807, 2.05) is 20.8 Å². The van der Waals surface area contributed by atoms with Crippen molar-refractivity contribution in [2.75, 3.05) is 10.6 Å². The summed E-state index contributed by atoms with van der Waals surface area (Å²) in [7, 11) is 0. The van der Waals surface area contributed by atoms with Crippen molar-refractivity contribution in [3.05, 3.63) is 65.3 Å². The molecule has 0 saturated heterocycles. The van der Waals surface area contributed by atoms with Crippen molar-refractivity contribution in [3.8, 4) is 11.4 Å². The van der Waals surface area contributed by atoms with Gasteiger partial charge in [0.15, 0.2) is 5.75 Å². The lowest BCUT2D eigenvalue weighted by molar-refractivity contribution is -0.210. The number of nitrogens with one attached hydrogen (secondary N) is 2. The van der Waals surface area contributed by atoms with E-state index in [4.69, 9.17) is 16.5 Å². The average molecular weight is 443 g/mol. The maximum atomic E-state index is 12.6. The number of anilines is 2. The lowest BCUT2D eigenvalue weighted by atomic mass is 9.92. The van der Waals surface area contributed by atoms with Gasteiger partial charge in [0.1, 0.15) is 5.82 Å². The summed E-state index contributed by atoms with van der Waals surface area (Å²) in [5, 5.41) is 10.8. The maximum Gasteiger partial charge on any atom is 0.352 e. The zero-order valence-electron chi connectivity index (χ0n) is 17.6. The lowest BCUT2D eigenvalue weighted by Gasteiger charge is -2.14. The van der Waals surface area contributed by atoms with Gasteiger partial charge in [-0.25, -0.2) is 14.3 Å². The molecule has 0 radical (unpaired) electrons. The minimum absolute atomic E-state index is 0.250. The molecular weight excluding hydrogens is 420 g/mol. The first-order valence-corrected chi connectivity index (χ1v) is 9.89. The maximum absolute atomic E-state index is 12.6. The average Bonchev–Trinajstić information content (AvgIpc) is 3.12. The number of urea groups is 1. The molecule has 0 aliphatic rings. The molecule has 0 spiro atoms. The number of benzene rings is 2. The molecule has 1 heterocycles. The summed E-state index contributed by atoms with van der Waals surface area (Å²) < 4.78 is 1.59. The first kappa shape index (κ1) is 22.2. The number of halogens is 1. The van der Waals surface area contributed by atoms with Crippen LogP contribution in [0.5, 0.6) is 5.75 Å². The van der Waals surface area contributed by atoms with Crippen LogP contribution in [-0.4, -0.2) is 21.8 Å². The Bertz CT molecular complexity index is 1090. The van der Waals surface area contributed by atoms with Gasteiger partial charge in [-0.05, 0) is 36.4 Å². The highest BCUT2D eigenvalue weighted by Gasteiger charge is 2.22. The van der Waals surface area contributed by atoms with E-state index < -0.39 is 12.0 Å². The fraction of sp³-hybridized carbons (Fsp3) is 0.227. The Morgan fingerprint density at radius 2 is 1.74 bits per heavy atom. The topological polar surface area (TPSA) is 94.5 Å². The Hall–Kier alpha value is -3.52. The molecule has 3 aromatic rings. The number of nitrogens with zero attached hydrogens (tertiary/aromatic N) is 2. The van der Waals surface area contributed by atoms with Crippen LogP contribution >= 0.6 is 11.6 Å². The van der Waals surface area contributed by atoms with Gasteiger partial charge < -0.3 is 5.32 Å². The molecular formula is C22H23ClN4O4. The van der Waals surface area contributed by atoms with Crippen LogP contribution in [0.15, 0.2) is 54.6 Å². The summed E-state index contributed by atoms with van der Waals surface area (Å²) in [4.78, 5) is 33.2. The molecule has 0 aliphatic heterocycles. The quantitative estimate of drug-likeness (QED) is 0.411. The number of carbonyl (C=O) groups is 2. The Kier molecular flexibility index (Phi) is 6.50. The first-order chi connectivity index (χ1) is 14.6. The van der Waals surface area contributed by atoms with Gasteiger partial charge in [-0.15, -0.1) is 0 Å². The summed E-state index contributed by atoms with van der Waals surface area (Å²) in [6.45, 7) is 7.32. The number of hydrogen-bond donors (Lipinski definition) is 2. The standard InChI is InChI=1S/C22H23ClN4O4/c1-14(28)30-31-18-7-5-6-17(12-18)27-20(13-19(26-27)22(2,3)4)25-21(29)24-16-10-8-15(23)9-11-16/h5-13H,1-4H3,(H2,24,25,29). The van der Waals surface area contributed by atoms with Crippen molar-refractivity contribution in [1.82, 2.24) is 9.78 Å². The van der Waals surface area contributed by atoms with E-state index in [0.717, 1.165) is 5.69 Å². The molecule has 8 nitrogen and oxygen atoms in total. The minimum Gasteiger partial charge on any atom is -0.308 e. The first-order valence-electron chi connectivity index (χ1n) is 9.51.